The average Bonchev–Trinajstić information content (AvgIpc) is 2.88. The molecule has 188 valence electrons. The molecule has 3 aromatic rings. The first-order valence-electron chi connectivity index (χ1n) is 11.6. The molecule has 0 aromatic heterocycles. The van der Waals surface area contributed by atoms with Gasteiger partial charge in [0, 0.05) is 6.42 Å². The number of benzene rings is 3. The Morgan fingerprint density at radius 2 is 1.69 bits per heavy atom. The highest BCUT2D eigenvalue weighted by molar-refractivity contribution is 6.15. The molecule has 0 bridgehead atoms. The van der Waals surface area contributed by atoms with Crippen LogP contribution >= 0.6 is 0 Å². The van der Waals surface area contributed by atoms with E-state index < -0.39 is 5.97 Å². The molecule has 7 heteroatoms. The summed E-state index contributed by atoms with van der Waals surface area (Å²) in [5.41, 5.74) is 4.21. The summed E-state index contributed by atoms with van der Waals surface area (Å²) in [6, 6.07) is 20.8. The fourth-order valence-electron chi connectivity index (χ4n) is 3.49. The summed E-state index contributed by atoms with van der Waals surface area (Å²) in [6.45, 7) is 5.15. The lowest BCUT2D eigenvalue weighted by Gasteiger charge is -2.14. The summed E-state index contributed by atoms with van der Waals surface area (Å²) >= 11 is 0. The van der Waals surface area contributed by atoms with E-state index in [-0.39, 0.29) is 12.2 Å². The number of aryl methyl sites for hydroxylation is 2. The van der Waals surface area contributed by atoms with Gasteiger partial charge in [0.15, 0.2) is 0 Å². The Morgan fingerprint density at radius 1 is 0.944 bits per heavy atom. The summed E-state index contributed by atoms with van der Waals surface area (Å²) in [5, 5.41) is 13.6. The van der Waals surface area contributed by atoms with Crippen molar-refractivity contribution in [2.45, 2.75) is 26.9 Å². The highest BCUT2D eigenvalue weighted by Gasteiger charge is 2.15. The Morgan fingerprint density at radius 3 is 2.44 bits per heavy atom. The lowest BCUT2D eigenvalue weighted by molar-refractivity contribution is -0.130. The molecule has 0 spiro atoms. The van der Waals surface area contributed by atoms with Crippen molar-refractivity contribution in [2.24, 2.45) is 5.16 Å². The number of carboxylic acids is 1. The maximum atomic E-state index is 11.7. The standard InChI is InChI=1S/C29H31NO6/c1-21-17-28(35-19-23-10-7-8-13-26(23)27(20-33-3)29(31)32)22(2)16-24(21)18-30-36-15-9-14-34-25-11-5-4-6-12-25/h4-8,10-13,16-18,20H,9,14-15,19H2,1-3H3,(H,31,32). The van der Waals surface area contributed by atoms with Crippen molar-refractivity contribution in [2.75, 3.05) is 20.3 Å². The van der Waals surface area contributed by atoms with Crippen molar-refractivity contribution in [3.63, 3.8) is 0 Å². The van der Waals surface area contributed by atoms with Crippen LogP contribution in [0.15, 0.2) is 78.1 Å². The van der Waals surface area contributed by atoms with E-state index in [9.17, 15) is 9.90 Å². The van der Waals surface area contributed by atoms with Gasteiger partial charge >= 0.3 is 5.97 Å². The van der Waals surface area contributed by atoms with Gasteiger partial charge in [-0.05, 0) is 65.9 Å². The van der Waals surface area contributed by atoms with Gasteiger partial charge in [-0.3, -0.25) is 0 Å². The van der Waals surface area contributed by atoms with E-state index in [2.05, 4.69) is 5.16 Å². The molecule has 0 fully saturated rings. The monoisotopic (exact) mass is 489 g/mol. The second kappa shape index (κ2) is 13.6. The first-order chi connectivity index (χ1) is 17.5. The number of hydrogen-bond donors (Lipinski definition) is 1. The van der Waals surface area contributed by atoms with Gasteiger partial charge in [0.2, 0.25) is 0 Å². The summed E-state index contributed by atoms with van der Waals surface area (Å²) in [6.07, 6.45) is 3.64. The van der Waals surface area contributed by atoms with Crippen LogP contribution in [0.25, 0.3) is 5.57 Å². The molecule has 0 saturated heterocycles. The lowest BCUT2D eigenvalue weighted by Crippen LogP contribution is -2.06. The number of carbonyl (C=O) groups is 1. The van der Waals surface area contributed by atoms with Crippen molar-refractivity contribution in [1.29, 1.82) is 0 Å². The molecule has 0 heterocycles. The fraction of sp³-hybridized carbons (Fsp3) is 0.241. The van der Waals surface area contributed by atoms with Crippen molar-refractivity contribution in [1.82, 2.24) is 0 Å². The van der Waals surface area contributed by atoms with Gasteiger partial charge in [-0.15, -0.1) is 0 Å². The van der Waals surface area contributed by atoms with Crippen molar-refractivity contribution >= 4 is 17.8 Å². The van der Waals surface area contributed by atoms with Crippen LogP contribution in [0.2, 0.25) is 0 Å². The predicted molar refractivity (Wildman–Crippen MR) is 139 cm³/mol. The fourth-order valence-corrected chi connectivity index (χ4v) is 3.49. The maximum absolute atomic E-state index is 11.7. The van der Waals surface area contributed by atoms with Gasteiger partial charge in [-0.2, -0.15) is 0 Å². The third-order valence-electron chi connectivity index (χ3n) is 5.38. The van der Waals surface area contributed by atoms with E-state index >= 15 is 0 Å². The normalized spacial score (nSPS) is 11.4. The quantitative estimate of drug-likeness (QED) is 0.108. The Hall–Kier alpha value is -4.26. The van der Waals surface area contributed by atoms with Crippen molar-refractivity contribution < 1.29 is 28.9 Å². The van der Waals surface area contributed by atoms with Crippen LogP contribution < -0.4 is 9.47 Å². The number of carboxylic acid groups (broad SMARTS) is 1. The topological polar surface area (TPSA) is 86.6 Å². The average molecular weight is 490 g/mol. The molecule has 0 aliphatic carbocycles. The Labute approximate surface area is 211 Å². The number of oxime groups is 1. The molecule has 3 aromatic carbocycles. The van der Waals surface area contributed by atoms with Gasteiger partial charge < -0.3 is 24.2 Å². The minimum Gasteiger partial charge on any atom is -0.503 e. The summed E-state index contributed by atoms with van der Waals surface area (Å²) in [5.74, 6) is 0.489. The smallest absolute Gasteiger partial charge is 0.339 e. The highest BCUT2D eigenvalue weighted by Crippen LogP contribution is 2.26. The molecule has 36 heavy (non-hydrogen) atoms. The molecular formula is C29H31NO6. The zero-order chi connectivity index (χ0) is 25.8. The second-order valence-electron chi connectivity index (χ2n) is 8.08. The number of para-hydroxylation sites is 1. The summed E-state index contributed by atoms with van der Waals surface area (Å²) in [4.78, 5) is 17.0. The van der Waals surface area contributed by atoms with Gasteiger partial charge in [-0.25, -0.2) is 4.79 Å². The van der Waals surface area contributed by atoms with Crippen molar-refractivity contribution in [3.8, 4) is 11.5 Å². The van der Waals surface area contributed by atoms with E-state index in [1.807, 2.05) is 68.4 Å². The van der Waals surface area contributed by atoms with Gasteiger partial charge in [-0.1, -0.05) is 47.6 Å². The SMILES string of the molecule is COC=C(C(=O)O)c1ccccc1COc1cc(C)c(C=NOCCCOc2ccccc2)cc1C. The third-order valence-corrected chi connectivity index (χ3v) is 5.38. The Kier molecular flexibility index (Phi) is 9.94. The minimum absolute atomic E-state index is 0.0720. The van der Waals surface area contributed by atoms with E-state index in [0.717, 1.165) is 34.4 Å². The molecule has 1 N–H and O–H groups in total. The van der Waals surface area contributed by atoms with Crippen LogP contribution in [0.1, 0.15) is 34.2 Å². The maximum Gasteiger partial charge on any atom is 0.339 e. The summed E-state index contributed by atoms with van der Waals surface area (Å²) < 4.78 is 16.6. The van der Waals surface area contributed by atoms with Crippen LogP contribution in [0.3, 0.4) is 0 Å². The lowest BCUT2D eigenvalue weighted by atomic mass is 10.0. The molecular weight excluding hydrogens is 458 g/mol. The van der Waals surface area contributed by atoms with Crippen LogP contribution in [-0.2, 0) is 21.0 Å². The molecule has 0 aliphatic rings. The van der Waals surface area contributed by atoms with Crippen LogP contribution in [0.4, 0.5) is 0 Å². The van der Waals surface area contributed by atoms with Gasteiger partial charge in [0.05, 0.1) is 26.2 Å². The predicted octanol–water partition coefficient (Wildman–Crippen LogP) is 5.77. The Balaban J connectivity index is 1.55. The molecule has 0 saturated carbocycles. The highest BCUT2D eigenvalue weighted by atomic mass is 16.6. The molecule has 0 radical (unpaired) electrons. The van der Waals surface area contributed by atoms with E-state index in [1.165, 1.54) is 13.4 Å². The molecule has 0 unspecified atom stereocenters. The minimum atomic E-state index is -1.06. The van der Waals surface area contributed by atoms with Gasteiger partial charge in [0.25, 0.3) is 0 Å². The summed E-state index contributed by atoms with van der Waals surface area (Å²) in [7, 11) is 1.42. The van der Waals surface area contributed by atoms with Gasteiger partial charge in [0.1, 0.15) is 30.3 Å². The van der Waals surface area contributed by atoms with Crippen LogP contribution in [-0.4, -0.2) is 37.6 Å². The number of ether oxygens (including phenoxy) is 3. The number of methoxy groups -OCH3 is 1. The number of aliphatic carboxylic acids is 1. The zero-order valence-corrected chi connectivity index (χ0v) is 20.8. The van der Waals surface area contributed by atoms with E-state index in [0.29, 0.717) is 24.5 Å². The molecule has 3 rings (SSSR count). The molecule has 0 aliphatic heterocycles. The zero-order valence-electron chi connectivity index (χ0n) is 20.8. The molecule has 0 amide bonds. The first kappa shape index (κ1) is 26.3. The Bertz CT molecular complexity index is 1200. The molecule has 7 nitrogen and oxygen atoms in total. The third kappa shape index (κ3) is 7.63. The van der Waals surface area contributed by atoms with Crippen molar-refractivity contribution in [3.05, 3.63) is 101 Å². The number of rotatable bonds is 13. The molecule has 0 atom stereocenters. The van der Waals surface area contributed by atoms with Crippen LogP contribution in [0, 0.1) is 13.8 Å². The van der Waals surface area contributed by atoms with E-state index in [1.54, 1.807) is 18.3 Å². The largest absolute Gasteiger partial charge is 0.503 e. The second-order valence-corrected chi connectivity index (χ2v) is 8.08. The van der Waals surface area contributed by atoms with Crippen LogP contribution in [0.5, 0.6) is 11.5 Å². The number of nitrogens with zero attached hydrogens (tertiary/aromatic N) is 1. The first-order valence-corrected chi connectivity index (χ1v) is 11.6. The number of hydrogen-bond acceptors (Lipinski definition) is 6. The van der Waals surface area contributed by atoms with E-state index in [4.69, 9.17) is 19.0 Å².